The molecule has 0 aromatic carbocycles. The van der Waals surface area contributed by atoms with Gasteiger partial charge < -0.3 is 14.2 Å². The highest BCUT2D eigenvalue weighted by atomic mass is 32.1. The van der Waals surface area contributed by atoms with E-state index in [0.29, 0.717) is 17.2 Å². The van der Waals surface area contributed by atoms with Gasteiger partial charge in [0.15, 0.2) is 11.5 Å². The van der Waals surface area contributed by atoms with Gasteiger partial charge in [-0.3, -0.25) is 0 Å². The maximum Gasteiger partial charge on any atom is 0.351 e. The lowest BCUT2D eigenvalue weighted by Gasteiger charge is -2.05. The minimum Gasteiger partial charge on any atom is -0.480 e. The number of esters is 2. The fourth-order valence-electron chi connectivity index (χ4n) is 0.992. The van der Waals surface area contributed by atoms with E-state index in [1.807, 2.05) is 0 Å². The predicted octanol–water partition coefficient (Wildman–Crippen LogP) is 1.48. The molecule has 1 rings (SSSR count). The van der Waals surface area contributed by atoms with E-state index in [2.05, 4.69) is 4.74 Å². The average Bonchev–Trinajstić information content (AvgIpc) is 2.74. The normalized spacial score (nSPS) is 9.62. The van der Waals surface area contributed by atoms with Crippen molar-refractivity contribution in [3.05, 3.63) is 16.3 Å². The smallest absolute Gasteiger partial charge is 0.351 e. The average molecular weight is 244 g/mol. The first-order valence-corrected chi connectivity index (χ1v) is 5.51. The molecule has 16 heavy (non-hydrogen) atoms. The highest BCUT2D eigenvalue weighted by molar-refractivity contribution is 7.12. The minimum absolute atomic E-state index is 0.214. The van der Waals surface area contributed by atoms with Gasteiger partial charge in [0.2, 0.25) is 0 Å². The highest BCUT2D eigenvalue weighted by Crippen LogP contribution is 2.25. The maximum absolute atomic E-state index is 11.3. The van der Waals surface area contributed by atoms with Crippen molar-refractivity contribution in [2.24, 2.45) is 0 Å². The van der Waals surface area contributed by atoms with E-state index in [1.54, 1.807) is 18.4 Å². The molecule has 88 valence electrons. The number of ether oxygens (including phenoxy) is 3. The molecule has 0 atom stereocenters. The Morgan fingerprint density at radius 1 is 1.44 bits per heavy atom. The van der Waals surface area contributed by atoms with Gasteiger partial charge in [-0.05, 0) is 18.4 Å². The standard InChI is InChI=1S/C10H12O5S/c1-3-14-8(11)6-15-7-4-5-16-9(7)10(12)13-2/h4-5H,3,6H2,1-2H3. The number of hydrogen-bond donors (Lipinski definition) is 0. The first-order chi connectivity index (χ1) is 7.69. The van der Waals surface area contributed by atoms with Crippen molar-refractivity contribution in [3.8, 4) is 5.75 Å². The molecule has 0 saturated heterocycles. The van der Waals surface area contributed by atoms with Gasteiger partial charge >= 0.3 is 11.9 Å². The molecule has 0 aliphatic carbocycles. The summed E-state index contributed by atoms with van der Waals surface area (Å²) in [5.74, 6) is -0.608. The van der Waals surface area contributed by atoms with E-state index in [0.717, 1.165) is 0 Å². The zero-order chi connectivity index (χ0) is 12.0. The summed E-state index contributed by atoms with van der Waals surface area (Å²) in [4.78, 5) is 22.6. The fraction of sp³-hybridized carbons (Fsp3) is 0.400. The van der Waals surface area contributed by atoms with Crippen LogP contribution in [0.1, 0.15) is 16.6 Å². The molecule has 1 heterocycles. The van der Waals surface area contributed by atoms with Crippen molar-refractivity contribution >= 4 is 23.3 Å². The van der Waals surface area contributed by atoms with Crippen LogP contribution in [0.25, 0.3) is 0 Å². The van der Waals surface area contributed by atoms with Crippen LogP contribution in [0.15, 0.2) is 11.4 Å². The monoisotopic (exact) mass is 244 g/mol. The van der Waals surface area contributed by atoms with Crippen LogP contribution >= 0.6 is 11.3 Å². The lowest BCUT2D eigenvalue weighted by atomic mass is 10.4. The van der Waals surface area contributed by atoms with Crippen LogP contribution in [0.3, 0.4) is 0 Å². The van der Waals surface area contributed by atoms with Gasteiger partial charge in [-0.1, -0.05) is 0 Å². The van der Waals surface area contributed by atoms with Gasteiger partial charge in [-0.15, -0.1) is 11.3 Å². The van der Waals surface area contributed by atoms with Crippen molar-refractivity contribution in [3.63, 3.8) is 0 Å². The Labute approximate surface area is 96.9 Å². The molecule has 1 aromatic rings. The summed E-state index contributed by atoms with van der Waals surface area (Å²) in [7, 11) is 1.29. The number of hydrogen-bond acceptors (Lipinski definition) is 6. The minimum atomic E-state index is -0.478. The van der Waals surface area contributed by atoms with E-state index in [-0.39, 0.29) is 6.61 Å². The van der Waals surface area contributed by atoms with Crippen molar-refractivity contribution < 1.29 is 23.8 Å². The fourth-order valence-corrected chi connectivity index (χ4v) is 1.74. The van der Waals surface area contributed by atoms with E-state index < -0.39 is 11.9 Å². The van der Waals surface area contributed by atoms with Crippen molar-refractivity contribution in [2.45, 2.75) is 6.92 Å². The van der Waals surface area contributed by atoms with E-state index in [4.69, 9.17) is 9.47 Å². The number of carbonyl (C=O) groups excluding carboxylic acids is 2. The zero-order valence-electron chi connectivity index (χ0n) is 9.02. The van der Waals surface area contributed by atoms with Crippen LogP contribution in [-0.4, -0.2) is 32.3 Å². The van der Waals surface area contributed by atoms with E-state index >= 15 is 0 Å². The predicted molar refractivity (Wildman–Crippen MR) is 57.8 cm³/mol. The summed E-state index contributed by atoms with van der Waals surface area (Å²) in [6.07, 6.45) is 0. The molecule has 0 aliphatic heterocycles. The number of rotatable bonds is 5. The second kappa shape index (κ2) is 6.12. The summed E-state index contributed by atoms with van der Waals surface area (Å²) in [5, 5.41) is 1.69. The molecule has 0 amide bonds. The second-order valence-corrected chi connectivity index (χ2v) is 3.62. The molecule has 0 saturated carbocycles. The quantitative estimate of drug-likeness (QED) is 0.734. The van der Waals surface area contributed by atoms with E-state index in [1.165, 1.54) is 18.4 Å². The molecule has 0 spiro atoms. The third-order valence-electron chi connectivity index (χ3n) is 1.65. The largest absolute Gasteiger partial charge is 0.480 e. The molecule has 0 unspecified atom stereocenters. The molecule has 0 radical (unpaired) electrons. The summed E-state index contributed by atoms with van der Waals surface area (Å²) in [6.45, 7) is 1.80. The van der Waals surface area contributed by atoms with Crippen LogP contribution in [0.5, 0.6) is 5.75 Å². The third-order valence-corrected chi connectivity index (χ3v) is 2.53. The Balaban J connectivity index is 2.57. The van der Waals surface area contributed by atoms with Gasteiger partial charge in [0.1, 0.15) is 5.75 Å². The van der Waals surface area contributed by atoms with Crippen LogP contribution in [0, 0.1) is 0 Å². The van der Waals surface area contributed by atoms with Gasteiger partial charge in [0.05, 0.1) is 13.7 Å². The van der Waals surface area contributed by atoms with Crippen LogP contribution in [-0.2, 0) is 14.3 Å². The first kappa shape index (κ1) is 12.5. The second-order valence-electron chi connectivity index (χ2n) is 2.70. The number of carbonyl (C=O) groups is 2. The molecule has 1 aromatic heterocycles. The Bertz CT molecular complexity index is 371. The number of thiophene rings is 1. The molecule has 6 heteroatoms. The molecule has 5 nitrogen and oxygen atoms in total. The first-order valence-electron chi connectivity index (χ1n) is 4.63. The van der Waals surface area contributed by atoms with Crippen molar-refractivity contribution in [1.29, 1.82) is 0 Å². The Morgan fingerprint density at radius 2 is 2.19 bits per heavy atom. The van der Waals surface area contributed by atoms with Crippen molar-refractivity contribution in [2.75, 3.05) is 20.3 Å². The topological polar surface area (TPSA) is 61.8 Å². The van der Waals surface area contributed by atoms with E-state index in [9.17, 15) is 9.59 Å². The molecule has 0 fully saturated rings. The molecule has 0 bridgehead atoms. The van der Waals surface area contributed by atoms with Gasteiger partial charge in [-0.25, -0.2) is 9.59 Å². The summed E-state index contributed by atoms with van der Waals surface area (Å²) < 4.78 is 14.4. The van der Waals surface area contributed by atoms with Gasteiger partial charge in [0.25, 0.3) is 0 Å². The lowest BCUT2D eigenvalue weighted by Crippen LogP contribution is -2.15. The molecular weight excluding hydrogens is 232 g/mol. The Morgan fingerprint density at radius 3 is 2.81 bits per heavy atom. The van der Waals surface area contributed by atoms with Crippen LogP contribution in [0.2, 0.25) is 0 Å². The lowest BCUT2D eigenvalue weighted by molar-refractivity contribution is -0.145. The molecular formula is C10H12O5S. The summed E-state index contributed by atoms with van der Waals surface area (Å²) >= 11 is 1.20. The SMILES string of the molecule is CCOC(=O)COc1ccsc1C(=O)OC. The van der Waals surface area contributed by atoms with Gasteiger partial charge in [-0.2, -0.15) is 0 Å². The Hall–Kier alpha value is -1.56. The van der Waals surface area contributed by atoms with Gasteiger partial charge in [0, 0.05) is 0 Å². The summed E-state index contributed by atoms with van der Waals surface area (Å²) in [6, 6.07) is 1.61. The van der Waals surface area contributed by atoms with Crippen LogP contribution < -0.4 is 4.74 Å². The molecule has 0 aliphatic rings. The molecule has 0 N–H and O–H groups in total. The van der Waals surface area contributed by atoms with Crippen molar-refractivity contribution in [1.82, 2.24) is 0 Å². The summed E-state index contributed by atoms with van der Waals surface area (Å²) in [5.41, 5.74) is 0. The third kappa shape index (κ3) is 3.23. The van der Waals surface area contributed by atoms with Crippen LogP contribution in [0.4, 0.5) is 0 Å². The highest BCUT2D eigenvalue weighted by Gasteiger charge is 2.15. The number of methoxy groups -OCH3 is 1. The zero-order valence-corrected chi connectivity index (χ0v) is 9.83. The Kier molecular flexibility index (Phi) is 4.78. The maximum atomic E-state index is 11.3.